The molecule has 3 heterocycles. The first-order chi connectivity index (χ1) is 15.3. The number of amides is 1. The van der Waals surface area contributed by atoms with Gasteiger partial charge in [-0.1, -0.05) is 42.5 Å². The van der Waals surface area contributed by atoms with E-state index in [0.29, 0.717) is 26.3 Å². The van der Waals surface area contributed by atoms with Crippen LogP contribution in [0.3, 0.4) is 0 Å². The molecule has 2 aromatic rings. The van der Waals surface area contributed by atoms with Crippen LogP contribution < -0.4 is 4.74 Å². The Bertz CT molecular complexity index is 890. The van der Waals surface area contributed by atoms with Crippen LogP contribution in [0.2, 0.25) is 0 Å². The number of carbonyl (C=O) groups excluding carboxylic acids is 1. The quantitative estimate of drug-likeness (QED) is 0.742. The van der Waals surface area contributed by atoms with E-state index >= 15 is 0 Å². The predicted molar refractivity (Wildman–Crippen MR) is 119 cm³/mol. The Morgan fingerprint density at radius 3 is 2.45 bits per heavy atom. The molecule has 164 valence electrons. The molecule has 0 bridgehead atoms. The molecular weight excluding hydrogens is 390 g/mol. The second-order valence-corrected chi connectivity index (χ2v) is 8.60. The molecule has 0 spiro atoms. The maximum absolute atomic E-state index is 13.5. The first kappa shape index (κ1) is 20.5. The number of hydrogen-bond donors (Lipinski definition) is 0. The monoisotopic (exact) mass is 421 g/mol. The fourth-order valence-corrected chi connectivity index (χ4v) is 4.88. The van der Waals surface area contributed by atoms with Crippen molar-refractivity contribution in [1.29, 1.82) is 0 Å². The maximum Gasteiger partial charge on any atom is 0.244 e. The zero-order chi connectivity index (χ0) is 21.0. The van der Waals surface area contributed by atoms with Gasteiger partial charge in [0.1, 0.15) is 11.8 Å². The molecule has 5 rings (SSSR count). The zero-order valence-electron chi connectivity index (χ0n) is 18.0. The molecule has 31 heavy (non-hydrogen) atoms. The minimum atomic E-state index is -0.210. The van der Waals surface area contributed by atoms with Crippen LogP contribution in [0.15, 0.2) is 48.5 Å². The Morgan fingerprint density at radius 2 is 1.68 bits per heavy atom. The van der Waals surface area contributed by atoms with Crippen LogP contribution in [0.4, 0.5) is 0 Å². The van der Waals surface area contributed by atoms with Crippen molar-refractivity contribution >= 4 is 5.91 Å². The van der Waals surface area contributed by atoms with Gasteiger partial charge in [-0.15, -0.1) is 0 Å². The maximum atomic E-state index is 13.5. The highest BCUT2D eigenvalue weighted by atomic mass is 16.5. The van der Waals surface area contributed by atoms with E-state index in [-0.39, 0.29) is 11.9 Å². The van der Waals surface area contributed by atoms with Crippen LogP contribution >= 0.6 is 0 Å². The van der Waals surface area contributed by atoms with Gasteiger partial charge in [0.05, 0.1) is 19.8 Å². The van der Waals surface area contributed by atoms with Crippen molar-refractivity contribution in [3.63, 3.8) is 0 Å². The number of nitrogens with zero attached hydrogens (tertiary/aromatic N) is 3. The summed E-state index contributed by atoms with van der Waals surface area (Å²) in [5.41, 5.74) is 3.77. The lowest BCUT2D eigenvalue weighted by molar-refractivity contribution is -0.142. The first-order valence-corrected chi connectivity index (χ1v) is 11.4. The molecule has 0 aliphatic carbocycles. The van der Waals surface area contributed by atoms with Crippen LogP contribution in [-0.2, 0) is 22.5 Å². The summed E-state index contributed by atoms with van der Waals surface area (Å²) >= 11 is 0. The number of hydrogen-bond acceptors (Lipinski definition) is 5. The number of carbonyl (C=O) groups is 1. The minimum absolute atomic E-state index is 0.210. The van der Waals surface area contributed by atoms with Gasteiger partial charge >= 0.3 is 0 Å². The van der Waals surface area contributed by atoms with Gasteiger partial charge in [0.2, 0.25) is 5.91 Å². The van der Waals surface area contributed by atoms with Crippen molar-refractivity contribution in [1.82, 2.24) is 14.7 Å². The molecule has 0 saturated carbocycles. The third-order valence-corrected chi connectivity index (χ3v) is 6.60. The van der Waals surface area contributed by atoms with E-state index in [1.54, 1.807) is 0 Å². The number of morpholine rings is 1. The van der Waals surface area contributed by atoms with E-state index in [2.05, 4.69) is 40.1 Å². The van der Waals surface area contributed by atoms with Gasteiger partial charge in [0.15, 0.2) is 0 Å². The van der Waals surface area contributed by atoms with Crippen LogP contribution in [0.1, 0.15) is 22.7 Å². The van der Waals surface area contributed by atoms with Gasteiger partial charge in [-0.2, -0.15) is 0 Å². The van der Waals surface area contributed by atoms with Gasteiger partial charge in [-0.25, -0.2) is 0 Å². The molecule has 3 aliphatic heterocycles. The summed E-state index contributed by atoms with van der Waals surface area (Å²) in [5, 5.41) is 0. The van der Waals surface area contributed by atoms with Gasteiger partial charge in [0.25, 0.3) is 0 Å². The van der Waals surface area contributed by atoms with Crippen molar-refractivity contribution in [3.8, 4) is 5.75 Å². The van der Waals surface area contributed by atoms with Gasteiger partial charge < -0.3 is 14.4 Å². The molecule has 0 aromatic heterocycles. The van der Waals surface area contributed by atoms with Crippen molar-refractivity contribution in [2.45, 2.75) is 19.0 Å². The second-order valence-electron chi connectivity index (χ2n) is 8.60. The fraction of sp³-hybridized carbons (Fsp3) is 0.480. The first-order valence-electron chi connectivity index (χ1n) is 11.4. The molecule has 6 nitrogen and oxygen atoms in total. The Morgan fingerprint density at radius 1 is 0.903 bits per heavy atom. The van der Waals surface area contributed by atoms with E-state index in [1.165, 1.54) is 11.1 Å². The zero-order valence-corrected chi connectivity index (χ0v) is 18.0. The van der Waals surface area contributed by atoms with Gasteiger partial charge in [-0.3, -0.25) is 14.6 Å². The average Bonchev–Trinajstić information content (AvgIpc) is 3.30. The second kappa shape index (κ2) is 9.39. The van der Waals surface area contributed by atoms with E-state index in [1.807, 2.05) is 23.1 Å². The highest BCUT2D eigenvalue weighted by molar-refractivity contribution is 5.83. The lowest BCUT2D eigenvalue weighted by Gasteiger charge is -2.41. The third-order valence-electron chi connectivity index (χ3n) is 6.60. The SMILES string of the molecule is O=C(C(c1ccccc1)N1CCN(Cc2ccc3c(c2)CCO3)CC1)N1CCOCC1. The van der Waals surface area contributed by atoms with Crippen LogP contribution in [0, 0.1) is 0 Å². The molecule has 3 aliphatic rings. The molecule has 1 amide bonds. The van der Waals surface area contributed by atoms with Crippen molar-refractivity contribution in [2.24, 2.45) is 0 Å². The van der Waals surface area contributed by atoms with Crippen LogP contribution in [-0.4, -0.2) is 79.7 Å². The predicted octanol–water partition coefficient (Wildman–Crippen LogP) is 2.34. The van der Waals surface area contributed by atoms with Gasteiger partial charge in [0, 0.05) is 52.2 Å². The Balaban J connectivity index is 1.25. The molecular formula is C25H31N3O3. The van der Waals surface area contributed by atoms with E-state index in [9.17, 15) is 4.79 Å². The highest BCUT2D eigenvalue weighted by Gasteiger charge is 2.34. The molecule has 2 aromatic carbocycles. The summed E-state index contributed by atoms with van der Waals surface area (Å²) in [6.45, 7) is 8.10. The molecule has 6 heteroatoms. The van der Waals surface area contributed by atoms with Crippen LogP contribution in [0.5, 0.6) is 5.75 Å². The van der Waals surface area contributed by atoms with Crippen LogP contribution in [0.25, 0.3) is 0 Å². The van der Waals surface area contributed by atoms with Gasteiger partial charge in [-0.05, 0) is 22.8 Å². The Labute approximate surface area is 184 Å². The van der Waals surface area contributed by atoms with E-state index in [0.717, 1.165) is 57.1 Å². The summed E-state index contributed by atoms with van der Waals surface area (Å²) in [4.78, 5) is 20.3. The lowest BCUT2D eigenvalue weighted by atomic mass is 10.0. The fourth-order valence-electron chi connectivity index (χ4n) is 4.88. The smallest absolute Gasteiger partial charge is 0.244 e. The van der Waals surface area contributed by atoms with Crippen molar-refractivity contribution in [3.05, 3.63) is 65.2 Å². The summed E-state index contributed by atoms with van der Waals surface area (Å²) in [5.74, 6) is 1.25. The highest BCUT2D eigenvalue weighted by Crippen LogP contribution is 2.28. The number of piperazine rings is 1. The number of benzene rings is 2. The topological polar surface area (TPSA) is 45.2 Å². The number of rotatable bonds is 5. The largest absolute Gasteiger partial charge is 0.493 e. The standard InChI is InChI=1S/C25H31N3O3/c29-25(28-13-16-30-17-14-28)24(21-4-2-1-3-5-21)27-11-9-26(10-12-27)19-20-6-7-23-22(18-20)8-15-31-23/h1-7,18,24H,8-17,19H2. The average molecular weight is 422 g/mol. The third kappa shape index (κ3) is 4.61. The summed E-state index contributed by atoms with van der Waals surface area (Å²) < 4.78 is 11.1. The van der Waals surface area contributed by atoms with Crippen molar-refractivity contribution in [2.75, 3.05) is 59.1 Å². The molecule has 0 N–H and O–H groups in total. The molecule has 0 radical (unpaired) electrons. The number of ether oxygens (including phenoxy) is 2. The summed E-state index contributed by atoms with van der Waals surface area (Å²) in [6.07, 6.45) is 1.01. The van der Waals surface area contributed by atoms with E-state index < -0.39 is 0 Å². The Kier molecular flexibility index (Phi) is 6.20. The molecule has 1 unspecified atom stereocenters. The number of fused-ring (bicyclic) bond motifs is 1. The van der Waals surface area contributed by atoms with Crippen molar-refractivity contribution < 1.29 is 14.3 Å². The summed E-state index contributed by atoms with van der Waals surface area (Å²) in [6, 6.07) is 16.6. The minimum Gasteiger partial charge on any atom is -0.493 e. The normalized spacial score (nSPS) is 20.8. The molecule has 2 saturated heterocycles. The molecule has 1 atom stereocenters. The molecule has 2 fully saturated rings. The summed E-state index contributed by atoms with van der Waals surface area (Å²) in [7, 11) is 0. The lowest BCUT2D eigenvalue weighted by Crippen LogP contribution is -2.52. The Hall–Kier alpha value is -2.41. The van der Waals surface area contributed by atoms with E-state index in [4.69, 9.17) is 9.47 Å².